The summed E-state index contributed by atoms with van der Waals surface area (Å²) in [7, 11) is -3.37. The Bertz CT molecular complexity index is 1070. The number of halogens is 2. The van der Waals surface area contributed by atoms with Gasteiger partial charge in [0, 0.05) is 12.8 Å². The molecule has 1 aliphatic heterocycles. The first-order chi connectivity index (χ1) is 13.7. The van der Waals surface area contributed by atoms with Crippen molar-refractivity contribution in [2.75, 3.05) is 12.8 Å². The molecule has 0 saturated heterocycles. The zero-order valence-corrected chi connectivity index (χ0v) is 18.0. The average Bonchev–Trinajstić information content (AvgIpc) is 2.67. The second kappa shape index (κ2) is 8.83. The standard InChI is InChI=1S/C20H20Cl2N2O4S/c1-29(27,28)15-4-2-3-12(8-15)7-14(11-25)24-20(26)18-17(21)9-13-10-23-6-5-16(13)19(18)22/h2-4,8-9,11,14,23H,5-7,10H2,1H3,(H,24,26)/t14-/m0/s1. The van der Waals surface area contributed by atoms with Crippen molar-refractivity contribution >= 4 is 45.2 Å². The van der Waals surface area contributed by atoms with Crippen molar-refractivity contribution in [2.24, 2.45) is 0 Å². The van der Waals surface area contributed by atoms with E-state index in [2.05, 4.69) is 10.6 Å². The molecule has 0 bridgehead atoms. The van der Waals surface area contributed by atoms with Crippen molar-refractivity contribution in [3.63, 3.8) is 0 Å². The van der Waals surface area contributed by atoms with Crippen LogP contribution >= 0.6 is 23.2 Å². The summed E-state index contributed by atoms with van der Waals surface area (Å²) in [4.78, 5) is 24.5. The summed E-state index contributed by atoms with van der Waals surface area (Å²) in [6.07, 6.45) is 2.54. The number of hydrogen-bond acceptors (Lipinski definition) is 5. The second-order valence-corrected chi connectivity index (χ2v) is 9.75. The van der Waals surface area contributed by atoms with E-state index in [0.29, 0.717) is 29.8 Å². The lowest BCUT2D eigenvalue weighted by Crippen LogP contribution is -2.38. The molecule has 2 aromatic rings. The van der Waals surface area contributed by atoms with Crippen LogP contribution in [0.15, 0.2) is 35.2 Å². The first kappa shape index (κ1) is 21.8. The van der Waals surface area contributed by atoms with Crippen LogP contribution in [0, 0.1) is 0 Å². The Morgan fingerprint density at radius 1 is 1.31 bits per heavy atom. The van der Waals surface area contributed by atoms with Crippen molar-refractivity contribution in [1.29, 1.82) is 0 Å². The van der Waals surface area contributed by atoms with E-state index in [9.17, 15) is 18.0 Å². The van der Waals surface area contributed by atoms with E-state index < -0.39 is 21.8 Å². The van der Waals surface area contributed by atoms with Gasteiger partial charge in [-0.25, -0.2) is 8.42 Å². The number of carbonyl (C=O) groups is 2. The molecule has 0 radical (unpaired) electrons. The van der Waals surface area contributed by atoms with Gasteiger partial charge in [0.15, 0.2) is 9.84 Å². The van der Waals surface area contributed by atoms with E-state index in [1.54, 1.807) is 18.2 Å². The summed E-state index contributed by atoms with van der Waals surface area (Å²) in [5.74, 6) is -0.544. The first-order valence-electron chi connectivity index (χ1n) is 8.96. The molecular formula is C20H20Cl2N2O4S. The normalized spacial score (nSPS) is 14.7. The number of sulfone groups is 1. The van der Waals surface area contributed by atoms with E-state index in [1.807, 2.05) is 0 Å². The maximum atomic E-state index is 12.8. The van der Waals surface area contributed by atoms with Gasteiger partial charge in [-0.3, -0.25) is 4.79 Å². The molecule has 2 N–H and O–H groups in total. The van der Waals surface area contributed by atoms with E-state index >= 15 is 0 Å². The summed E-state index contributed by atoms with van der Waals surface area (Å²) in [6, 6.07) is 7.12. The van der Waals surface area contributed by atoms with Crippen LogP contribution in [0.25, 0.3) is 0 Å². The lowest BCUT2D eigenvalue weighted by Gasteiger charge is -2.22. The van der Waals surface area contributed by atoms with Crippen molar-refractivity contribution in [3.05, 3.63) is 62.6 Å². The largest absolute Gasteiger partial charge is 0.342 e. The fourth-order valence-corrected chi connectivity index (χ4v) is 4.77. The minimum Gasteiger partial charge on any atom is -0.342 e. The maximum absolute atomic E-state index is 12.8. The molecule has 0 aromatic heterocycles. The second-order valence-electron chi connectivity index (χ2n) is 6.95. The zero-order chi connectivity index (χ0) is 21.2. The quantitative estimate of drug-likeness (QED) is 0.654. The highest BCUT2D eigenvalue weighted by Crippen LogP contribution is 2.33. The summed E-state index contributed by atoms with van der Waals surface area (Å²) >= 11 is 12.7. The van der Waals surface area contributed by atoms with Gasteiger partial charge in [-0.2, -0.15) is 0 Å². The molecular weight excluding hydrogens is 435 g/mol. The van der Waals surface area contributed by atoms with Crippen molar-refractivity contribution < 1.29 is 18.0 Å². The van der Waals surface area contributed by atoms with Gasteiger partial charge in [0.25, 0.3) is 5.91 Å². The van der Waals surface area contributed by atoms with Gasteiger partial charge in [-0.15, -0.1) is 0 Å². The van der Waals surface area contributed by atoms with Crippen LogP contribution in [0.4, 0.5) is 0 Å². The number of amides is 1. The van der Waals surface area contributed by atoms with Gasteiger partial charge in [0.2, 0.25) is 0 Å². The van der Waals surface area contributed by atoms with Gasteiger partial charge < -0.3 is 15.4 Å². The van der Waals surface area contributed by atoms with E-state index in [1.165, 1.54) is 12.1 Å². The summed E-state index contributed by atoms with van der Waals surface area (Å²) in [6.45, 7) is 1.38. The monoisotopic (exact) mass is 454 g/mol. The van der Waals surface area contributed by atoms with Gasteiger partial charge in [-0.1, -0.05) is 35.3 Å². The van der Waals surface area contributed by atoms with Crippen LogP contribution in [0.5, 0.6) is 0 Å². The Kier molecular flexibility index (Phi) is 6.63. The molecule has 29 heavy (non-hydrogen) atoms. The third-order valence-corrected chi connectivity index (χ3v) is 6.59. The highest BCUT2D eigenvalue weighted by atomic mass is 35.5. The third kappa shape index (κ3) is 4.98. The van der Waals surface area contributed by atoms with Gasteiger partial charge in [-0.05, 0) is 54.3 Å². The van der Waals surface area contributed by atoms with Gasteiger partial charge in [0.05, 0.1) is 26.5 Å². The number of nitrogens with one attached hydrogen (secondary N) is 2. The van der Waals surface area contributed by atoms with Gasteiger partial charge >= 0.3 is 0 Å². The van der Waals surface area contributed by atoms with Gasteiger partial charge in [0.1, 0.15) is 6.29 Å². The predicted molar refractivity (Wildman–Crippen MR) is 112 cm³/mol. The minimum atomic E-state index is -3.37. The van der Waals surface area contributed by atoms with Crippen molar-refractivity contribution in [2.45, 2.75) is 30.3 Å². The number of fused-ring (bicyclic) bond motifs is 1. The van der Waals surface area contributed by atoms with Crippen LogP contribution in [0.3, 0.4) is 0 Å². The highest BCUT2D eigenvalue weighted by molar-refractivity contribution is 7.90. The molecule has 1 aliphatic rings. The fourth-order valence-electron chi connectivity index (χ4n) is 3.31. The highest BCUT2D eigenvalue weighted by Gasteiger charge is 2.24. The summed E-state index contributed by atoms with van der Waals surface area (Å²) < 4.78 is 23.4. The summed E-state index contributed by atoms with van der Waals surface area (Å²) in [5, 5.41) is 6.38. The van der Waals surface area contributed by atoms with E-state index in [-0.39, 0.29) is 21.9 Å². The average molecular weight is 455 g/mol. The molecule has 0 saturated carbocycles. The lowest BCUT2D eigenvalue weighted by atomic mass is 9.97. The Morgan fingerprint density at radius 3 is 2.76 bits per heavy atom. The van der Waals surface area contributed by atoms with Crippen molar-refractivity contribution in [1.82, 2.24) is 10.6 Å². The molecule has 154 valence electrons. The Morgan fingerprint density at radius 2 is 2.07 bits per heavy atom. The Labute approximate surface area is 179 Å². The Balaban J connectivity index is 1.82. The van der Waals surface area contributed by atoms with Crippen LogP contribution in [0.2, 0.25) is 10.0 Å². The molecule has 9 heteroatoms. The minimum absolute atomic E-state index is 0.142. The number of benzene rings is 2. The molecule has 0 spiro atoms. The van der Waals surface area contributed by atoms with Crippen LogP contribution in [-0.4, -0.2) is 39.5 Å². The maximum Gasteiger partial charge on any atom is 0.254 e. The fraction of sp³-hybridized carbons (Fsp3) is 0.300. The van der Waals surface area contributed by atoms with Crippen LogP contribution in [0.1, 0.15) is 27.0 Å². The smallest absolute Gasteiger partial charge is 0.254 e. The molecule has 0 unspecified atom stereocenters. The van der Waals surface area contributed by atoms with Crippen molar-refractivity contribution in [3.8, 4) is 0 Å². The molecule has 1 amide bonds. The van der Waals surface area contributed by atoms with E-state index in [0.717, 1.165) is 23.9 Å². The number of carbonyl (C=O) groups excluding carboxylic acids is 2. The van der Waals surface area contributed by atoms with Crippen LogP contribution < -0.4 is 10.6 Å². The molecule has 1 heterocycles. The molecule has 2 aromatic carbocycles. The zero-order valence-electron chi connectivity index (χ0n) is 15.7. The SMILES string of the molecule is CS(=O)(=O)c1cccc(C[C@@H](C=O)NC(=O)c2c(Cl)cc3c(c2Cl)CCNC3)c1. The molecule has 1 atom stereocenters. The molecule has 6 nitrogen and oxygen atoms in total. The Hall–Kier alpha value is -1.93. The molecule has 0 fully saturated rings. The van der Waals surface area contributed by atoms with Crippen LogP contribution in [-0.2, 0) is 34.0 Å². The number of rotatable bonds is 6. The number of hydrogen-bond donors (Lipinski definition) is 2. The predicted octanol–water partition coefficient (Wildman–Crippen LogP) is 2.58. The molecule has 0 aliphatic carbocycles. The molecule has 3 rings (SSSR count). The third-order valence-electron chi connectivity index (χ3n) is 4.77. The first-order valence-corrected chi connectivity index (χ1v) is 11.6. The van der Waals surface area contributed by atoms with E-state index in [4.69, 9.17) is 23.2 Å². The lowest BCUT2D eigenvalue weighted by molar-refractivity contribution is -0.109. The topological polar surface area (TPSA) is 92.3 Å². The summed E-state index contributed by atoms with van der Waals surface area (Å²) in [5.41, 5.74) is 2.58. The number of aldehydes is 1.